The van der Waals surface area contributed by atoms with Crippen LogP contribution in [0, 0.1) is 0 Å². The molecule has 0 spiro atoms. The van der Waals surface area contributed by atoms with Gasteiger partial charge >= 0.3 is 5.69 Å². The summed E-state index contributed by atoms with van der Waals surface area (Å²) in [5.41, 5.74) is -0.669. The highest BCUT2D eigenvalue weighted by atomic mass is 79.9. The molecule has 2 rings (SSSR count). The van der Waals surface area contributed by atoms with Crippen LogP contribution in [0.2, 0.25) is 15.2 Å². The number of benzene rings is 1. The Kier molecular flexibility index (Phi) is 4.64. The maximum atomic E-state index is 12.3. The third-order valence-corrected chi connectivity index (χ3v) is 4.84. The first-order valence-corrected chi connectivity index (χ1v) is 7.48. The highest BCUT2D eigenvalue weighted by Crippen LogP contribution is 2.34. The number of rotatable bonds is 2. The van der Waals surface area contributed by atoms with Crippen molar-refractivity contribution in [2.24, 2.45) is 0 Å². The zero-order chi connectivity index (χ0) is 15.0. The number of H-pyrrole nitrogens is 1. The van der Waals surface area contributed by atoms with Crippen LogP contribution in [0.1, 0.15) is 12.5 Å². The summed E-state index contributed by atoms with van der Waals surface area (Å²) in [4.78, 5) is 26.7. The largest absolute Gasteiger partial charge is 0.334 e. The standard InChI is InChI=1S/C12H8BrCl3N2O2/c1-2-5-10(16)17-12(20)18(11(5)19)7-4-3-6(13)8(14)9(7)15/h3-4H,2H2,1H3,(H,17,20). The van der Waals surface area contributed by atoms with E-state index in [2.05, 4.69) is 20.9 Å². The van der Waals surface area contributed by atoms with Gasteiger partial charge in [-0.25, -0.2) is 9.36 Å². The number of aromatic amines is 1. The highest BCUT2D eigenvalue weighted by Gasteiger charge is 2.17. The molecule has 0 amide bonds. The van der Waals surface area contributed by atoms with Crippen molar-refractivity contribution in [2.75, 3.05) is 0 Å². The second-order valence-electron chi connectivity index (χ2n) is 3.91. The van der Waals surface area contributed by atoms with Crippen molar-refractivity contribution in [2.45, 2.75) is 13.3 Å². The summed E-state index contributed by atoms with van der Waals surface area (Å²) in [5.74, 6) is 0. The van der Waals surface area contributed by atoms with Crippen LogP contribution in [0.15, 0.2) is 26.2 Å². The van der Waals surface area contributed by atoms with Crippen LogP contribution in [0.5, 0.6) is 0 Å². The summed E-state index contributed by atoms with van der Waals surface area (Å²) in [7, 11) is 0. The molecule has 0 bridgehead atoms. The van der Waals surface area contributed by atoms with Gasteiger partial charge in [0.2, 0.25) is 0 Å². The first-order valence-electron chi connectivity index (χ1n) is 5.56. The fourth-order valence-corrected chi connectivity index (χ4v) is 2.91. The van der Waals surface area contributed by atoms with Crippen molar-refractivity contribution in [3.63, 3.8) is 0 Å². The van der Waals surface area contributed by atoms with E-state index in [1.807, 2.05) is 0 Å². The summed E-state index contributed by atoms with van der Waals surface area (Å²) >= 11 is 21.2. The van der Waals surface area contributed by atoms with Crippen LogP contribution in [0.3, 0.4) is 0 Å². The van der Waals surface area contributed by atoms with Crippen molar-refractivity contribution < 1.29 is 0 Å². The maximum Gasteiger partial charge on any atom is 0.334 e. The number of nitrogens with one attached hydrogen (secondary N) is 1. The van der Waals surface area contributed by atoms with Gasteiger partial charge in [0, 0.05) is 4.47 Å². The Balaban J connectivity index is 2.88. The van der Waals surface area contributed by atoms with Crippen molar-refractivity contribution >= 4 is 50.7 Å². The Labute approximate surface area is 137 Å². The van der Waals surface area contributed by atoms with Crippen LogP contribution < -0.4 is 11.2 Å². The van der Waals surface area contributed by atoms with Crippen molar-refractivity contribution in [3.8, 4) is 5.69 Å². The maximum absolute atomic E-state index is 12.3. The smallest absolute Gasteiger partial charge is 0.297 e. The first kappa shape index (κ1) is 15.6. The molecule has 0 fully saturated rings. The number of nitrogens with zero attached hydrogens (tertiary/aromatic N) is 1. The van der Waals surface area contributed by atoms with Crippen molar-refractivity contribution in [1.29, 1.82) is 0 Å². The Hall–Kier alpha value is -0.750. The minimum Gasteiger partial charge on any atom is -0.297 e. The van der Waals surface area contributed by atoms with Gasteiger partial charge < -0.3 is 0 Å². The molecule has 8 heteroatoms. The van der Waals surface area contributed by atoms with Gasteiger partial charge in [-0.3, -0.25) is 9.78 Å². The predicted molar refractivity (Wildman–Crippen MR) is 84.8 cm³/mol. The number of halogens is 4. The van der Waals surface area contributed by atoms with Gasteiger partial charge in [-0.15, -0.1) is 0 Å². The molecule has 0 saturated heterocycles. The van der Waals surface area contributed by atoms with Crippen LogP contribution in [-0.4, -0.2) is 9.55 Å². The quantitative estimate of drug-likeness (QED) is 0.618. The predicted octanol–water partition coefficient (Wildman–Crippen LogP) is 3.81. The SMILES string of the molecule is CCc1c(Cl)[nH]c(=O)n(-c2ccc(Br)c(Cl)c2Cl)c1=O. The average molecular weight is 398 g/mol. The molecule has 0 radical (unpaired) electrons. The molecule has 0 aliphatic rings. The normalized spacial score (nSPS) is 10.8. The molecular weight excluding hydrogens is 390 g/mol. The van der Waals surface area contributed by atoms with E-state index in [0.717, 1.165) is 4.57 Å². The molecule has 106 valence electrons. The fraction of sp³-hybridized carbons (Fsp3) is 0.167. The van der Waals surface area contributed by atoms with E-state index in [0.29, 0.717) is 16.5 Å². The topological polar surface area (TPSA) is 54.9 Å². The summed E-state index contributed by atoms with van der Waals surface area (Å²) in [6.45, 7) is 1.77. The first-order chi connectivity index (χ1) is 9.38. The Morgan fingerprint density at radius 3 is 2.45 bits per heavy atom. The van der Waals surface area contributed by atoms with E-state index >= 15 is 0 Å². The highest BCUT2D eigenvalue weighted by molar-refractivity contribution is 9.10. The van der Waals surface area contributed by atoms with Gasteiger partial charge in [-0.1, -0.05) is 41.7 Å². The number of aromatic nitrogens is 2. The van der Waals surface area contributed by atoms with Gasteiger partial charge in [0.05, 0.1) is 21.3 Å². The summed E-state index contributed by atoms with van der Waals surface area (Å²) < 4.78 is 1.49. The lowest BCUT2D eigenvalue weighted by atomic mass is 10.2. The van der Waals surface area contributed by atoms with Gasteiger partial charge in [0.15, 0.2) is 0 Å². The number of hydrogen-bond acceptors (Lipinski definition) is 2. The van der Waals surface area contributed by atoms with E-state index < -0.39 is 11.2 Å². The fourth-order valence-electron chi connectivity index (χ4n) is 1.76. The zero-order valence-corrected chi connectivity index (χ0v) is 14.0. The summed E-state index contributed by atoms with van der Waals surface area (Å²) in [6.07, 6.45) is 0.385. The minimum atomic E-state index is -0.669. The van der Waals surface area contributed by atoms with Crippen LogP contribution in [0.25, 0.3) is 5.69 Å². The average Bonchev–Trinajstić information content (AvgIpc) is 2.38. The Morgan fingerprint density at radius 2 is 1.85 bits per heavy atom. The second kappa shape index (κ2) is 5.93. The second-order valence-corrected chi connectivity index (χ2v) is 5.90. The van der Waals surface area contributed by atoms with Crippen molar-refractivity contribution in [1.82, 2.24) is 9.55 Å². The molecular formula is C12H8BrCl3N2O2. The minimum absolute atomic E-state index is 0.0399. The van der Waals surface area contributed by atoms with Crippen LogP contribution >= 0.6 is 50.7 Å². The molecule has 1 heterocycles. The lowest BCUT2D eigenvalue weighted by Gasteiger charge is -2.11. The molecule has 1 aromatic heterocycles. The molecule has 0 unspecified atom stereocenters. The van der Waals surface area contributed by atoms with Crippen LogP contribution in [0.4, 0.5) is 0 Å². The third kappa shape index (κ3) is 2.55. The van der Waals surface area contributed by atoms with Gasteiger partial charge in [-0.2, -0.15) is 0 Å². The lowest BCUT2D eigenvalue weighted by molar-refractivity contribution is 0.842. The molecule has 20 heavy (non-hydrogen) atoms. The van der Waals surface area contributed by atoms with E-state index in [1.54, 1.807) is 13.0 Å². The molecule has 0 aliphatic carbocycles. The van der Waals surface area contributed by atoms with E-state index in [9.17, 15) is 9.59 Å². The van der Waals surface area contributed by atoms with Crippen LogP contribution in [-0.2, 0) is 6.42 Å². The molecule has 1 N–H and O–H groups in total. The monoisotopic (exact) mass is 396 g/mol. The number of hydrogen-bond donors (Lipinski definition) is 1. The van der Waals surface area contributed by atoms with Crippen molar-refractivity contribution in [3.05, 3.63) is 58.2 Å². The van der Waals surface area contributed by atoms with Gasteiger partial charge in [0.25, 0.3) is 5.56 Å². The molecule has 0 saturated carbocycles. The third-order valence-electron chi connectivity index (χ3n) is 2.76. The Morgan fingerprint density at radius 1 is 1.20 bits per heavy atom. The zero-order valence-electron chi connectivity index (χ0n) is 10.1. The molecule has 0 atom stereocenters. The van der Waals surface area contributed by atoms with E-state index in [1.165, 1.54) is 6.07 Å². The summed E-state index contributed by atoms with van der Waals surface area (Å²) in [5, 5.41) is 0.375. The van der Waals surface area contributed by atoms with E-state index in [4.69, 9.17) is 34.8 Å². The lowest BCUT2D eigenvalue weighted by Crippen LogP contribution is -2.36. The molecule has 1 aromatic carbocycles. The molecule has 4 nitrogen and oxygen atoms in total. The molecule has 0 aliphatic heterocycles. The molecule has 2 aromatic rings. The Bertz CT molecular complexity index is 799. The van der Waals surface area contributed by atoms with Gasteiger partial charge in [-0.05, 0) is 34.5 Å². The van der Waals surface area contributed by atoms with E-state index in [-0.39, 0.29) is 20.9 Å². The summed E-state index contributed by atoms with van der Waals surface area (Å²) in [6, 6.07) is 3.14. The van der Waals surface area contributed by atoms with Gasteiger partial charge in [0.1, 0.15) is 5.15 Å².